The van der Waals surface area contributed by atoms with Crippen molar-refractivity contribution in [2.45, 2.75) is 19.9 Å². The van der Waals surface area contributed by atoms with Gasteiger partial charge in [0.25, 0.3) is 0 Å². The Morgan fingerprint density at radius 2 is 2.29 bits per heavy atom. The zero-order valence-corrected chi connectivity index (χ0v) is 11.7. The van der Waals surface area contributed by atoms with E-state index in [1.807, 2.05) is 26.0 Å². The fraction of sp³-hybridized carbons (Fsp3) is 0.273. The molecule has 2 aromatic heterocycles. The van der Waals surface area contributed by atoms with Gasteiger partial charge in [0.15, 0.2) is 0 Å². The third-order valence-electron chi connectivity index (χ3n) is 2.34. The average molecular weight is 284 g/mol. The lowest BCUT2D eigenvalue weighted by Gasteiger charge is -2.11. The molecule has 1 N–H and O–H groups in total. The monoisotopic (exact) mass is 283 g/mol. The quantitative estimate of drug-likeness (QED) is 0.918. The van der Waals surface area contributed by atoms with Gasteiger partial charge < -0.3 is 5.32 Å². The molecule has 17 heavy (non-hydrogen) atoms. The lowest BCUT2D eigenvalue weighted by molar-refractivity contribution is 0.912. The maximum atomic E-state index is 9.03. The molecule has 6 heteroatoms. The molecule has 2 aromatic rings. The molecule has 0 aliphatic rings. The molecule has 0 aliphatic heterocycles. The van der Waals surface area contributed by atoms with Gasteiger partial charge >= 0.3 is 0 Å². The summed E-state index contributed by atoms with van der Waals surface area (Å²) in [5.41, 5.74) is 1.40. The van der Waals surface area contributed by atoms with Crippen molar-refractivity contribution in [3.05, 3.63) is 32.6 Å². The maximum Gasteiger partial charge on any atom is 0.128 e. The third-order valence-corrected chi connectivity index (χ3v) is 4.63. The molecule has 2 rings (SSSR count). The molecule has 1 atom stereocenters. The molecule has 1 unspecified atom stereocenters. The number of rotatable bonds is 3. The van der Waals surface area contributed by atoms with E-state index in [0.717, 1.165) is 19.9 Å². The minimum atomic E-state index is 0.124. The van der Waals surface area contributed by atoms with E-state index in [4.69, 9.17) is 16.9 Å². The lowest BCUT2D eigenvalue weighted by Crippen LogP contribution is -2.04. The Balaban J connectivity index is 2.19. The van der Waals surface area contributed by atoms with Crippen LogP contribution in [0.15, 0.2) is 12.1 Å². The first kappa shape index (κ1) is 12.4. The second kappa shape index (κ2) is 5.05. The van der Waals surface area contributed by atoms with Crippen molar-refractivity contribution >= 4 is 39.5 Å². The topological polar surface area (TPSA) is 48.7 Å². The third kappa shape index (κ3) is 2.60. The SMILES string of the molecule is Cc1nsc(NC(C)c2ccc(Cl)s2)c1C#N. The first-order chi connectivity index (χ1) is 8.11. The highest BCUT2D eigenvalue weighted by Gasteiger charge is 2.14. The van der Waals surface area contributed by atoms with Crippen molar-refractivity contribution in [3.63, 3.8) is 0 Å². The van der Waals surface area contributed by atoms with Crippen molar-refractivity contribution in [2.24, 2.45) is 0 Å². The summed E-state index contributed by atoms with van der Waals surface area (Å²) in [4.78, 5) is 1.14. The Kier molecular flexibility index (Phi) is 3.67. The molecule has 0 bridgehead atoms. The molecule has 0 amide bonds. The van der Waals surface area contributed by atoms with E-state index in [1.54, 1.807) is 0 Å². The summed E-state index contributed by atoms with van der Waals surface area (Å²) in [7, 11) is 0. The molecule has 0 spiro atoms. The van der Waals surface area contributed by atoms with E-state index < -0.39 is 0 Å². The zero-order valence-electron chi connectivity index (χ0n) is 9.32. The van der Waals surface area contributed by atoms with E-state index in [1.165, 1.54) is 22.9 Å². The molecule has 0 saturated carbocycles. The molecule has 0 saturated heterocycles. The summed E-state index contributed by atoms with van der Waals surface area (Å²) < 4.78 is 4.95. The summed E-state index contributed by atoms with van der Waals surface area (Å²) in [6.07, 6.45) is 0. The standard InChI is InChI=1S/C11H10ClN3S2/c1-6-8(5-13)11(17-15-6)14-7(2)9-3-4-10(12)16-9/h3-4,7,14H,1-2H3. The van der Waals surface area contributed by atoms with Crippen molar-refractivity contribution in [1.29, 1.82) is 5.26 Å². The molecule has 2 heterocycles. The van der Waals surface area contributed by atoms with E-state index in [2.05, 4.69) is 15.8 Å². The summed E-state index contributed by atoms with van der Waals surface area (Å²) in [5, 5.41) is 13.2. The molecule has 0 radical (unpaired) electrons. The van der Waals surface area contributed by atoms with Crippen LogP contribution in [0.4, 0.5) is 5.00 Å². The van der Waals surface area contributed by atoms with Crippen LogP contribution < -0.4 is 5.32 Å². The number of nitriles is 1. The highest BCUT2D eigenvalue weighted by Crippen LogP contribution is 2.32. The van der Waals surface area contributed by atoms with Crippen molar-refractivity contribution < 1.29 is 0 Å². The summed E-state index contributed by atoms with van der Waals surface area (Å²) >= 11 is 8.76. The number of halogens is 1. The molecular weight excluding hydrogens is 274 g/mol. The molecule has 3 nitrogen and oxygen atoms in total. The summed E-state index contributed by atoms with van der Waals surface area (Å²) in [6.45, 7) is 3.88. The molecule has 0 aromatic carbocycles. The highest BCUT2D eigenvalue weighted by molar-refractivity contribution is 7.16. The smallest absolute Gasteiger partial charge is 0.128 e. The lowest BCUT2D eigenvalue weighted by atomic mass is 10.2. The zero-order chi connectivity index (χ0) is 12.4. The van der Waals surface area contributed by atoms with Gasteiger partial charge in [-0.1, -0.05) is 11.6 Å². The molecule has 0 aliphatic carbocycles. The Morgan fingerprint density at radius 3 is 2.88 bits per heavy atom. The Morgan fingerprint density at radius 1 is 1.53 bits per heavy atom. The molecule has 88 valence electrons. The second-order valence-electron chi connectivity index (χ2n) is 3.59. The number of thiophene rings is 1. The van der Waals surface area contributed by atoms with Crippen LogP contribution in [-0.2, 0) is 0 Å². The molecular formula is C11H10ClN3S2. The van der Waals surface area contributed by atoms with Crippen LogP contribution in [0, 0.1) is 18.3 Å². The van der Waals surface area contributed by atoms with Gasteiger partial charge in [0.2, 0.25) is 0 Å². The van der Waals surface area contributed by atoms with E-state index in [9.17, 15) is 0 Å². The highest BCUT2D eigenvalue weighted by atomic mass is 35.5. The summed E-state index contributed by atoms with van der Waals surface area (Å²) in [6, 6.07) is 6.16. The van der Waals surface area contributed by atoms with Crippen molar-refractivity contribution in [3.8, 4) is 6.07 Å². The Labute approximate surface area is 113 Å². The van der Waals surface area contributed by atoms with Gasteiger partial charge in [-0.3, -0.25) is 0 Å². The van der Waals surface area contributed by atoms with Gasteiger partial charge in [-0.2, -0.15) is 9.64 Å². The first-order valence-corrected chi connectivity index (χ1v) is 6.96. The number of hydrogen-bond acceptors (Lipinski definition) is 5. The largest absolute Gasteiger partial charge is 0.367 e. The van der Waals surface area contributed by atoms with Crippen LogP contribution in [0.1, 0.15) is 29.1 Å². The Hall–Kier alpha value is -1.09. The van der Waals surface area contributed by atoms with Crippen LogP contribution in [0.25, 0.3) is 0 Å². The van der Waals surface area contributed by atoms with Crippen LogP contribution in [0.5, 0.6) is 0 Å². The van der Waals surface area contributed by atoms with E-state index in [0.29, 0.717) is 5.56 Å². The van der Waals surface area contributed by atoms with E-state index in [-0.39, 0.29) is 6.04 Å². The van der Waals surface area contributed by atoms with Gasteiger partial charge in [0.1, 0.15) is 16.6 Å². The van der Waals surface area contributed by atoms with Crippen LogP contribution in [-0.4, -0.2) is 4.37 Å². The number of hydrogen-bond donors (Lipinski definition) is 1. The number of nitrogens with one attached hydrogen (secondary N) is 1. The van der Waals surface area contributed by atoms with Crippen molar-refractivity contribution in [1.82, 2.24) is 4.37 Å². The fourth-order valence-electron chi connectivity index (χ4n) is 1.43. The van der Waals surface area contributed by atoms with Gasteiger partial charge in [0.05, 0.1) is 16.1 Å². The molecule has 0 fully saturated rings. The fourth-order valence-corrected chi connectivity index (χ4v) is 3.33. The minimum absolute atomic E-state index is 0.124. The number of aromatic nitrogens is 1. The second-order valence-corrected chi connectivity index (χ2v) is 6.11. The predicted octanol–water partition coefficient (Wildman–Crippen LogP) is 4.21. The van der Waals surface area contributed by atoms with Gasteiger partial charge in [-0.05, 0) is 37.5 Å². The van der Waals surface area contributed by atoms with Crippen LogP contribution in [0.3, 0.4) is 0 Å². The van der Waals surface area contributed by atoms with Crippen molar-refractivity contribution in [2.75, 3.05) is 5.32 Å². The van der Waals surface area contributed by atoms with Gasteiger partial charge in [-0.25, -0.2) is 0 Å². The number of anilines is 1. The normalized spacial score (nSPS) is 12.1. The minimum Gasteiger partial charge on any atom is -0.367 e. The van der Waals surface area contributed by atoms with E-state index >= 15 is 0 Å². The Bertz CT molecular complexity index is 568. The average Bonchev–Trinajstić information content (AvgIpc) is 2.86. The predicted molar refractivity (Wildman–Crippen MR) is 72.9 cm³/mol. The number of aryl methyl sites for hydroxylation is 1. The first-order valence-electron chi connectivity index (χ1n) is 5.00. The van der Waals surface area contributed by atoms with Crippen LogP contribution in [0.2, 0.25) is 4.34 Å². The van der Waals surface area contributed by atoms with Gasteiger partial charge in [-0.15, -0.1) is 11.3 Å². The number of nitrogens with zero attached hydrogens (tertiary/aromatic N) is 2. The summed E-state index contributed by atoms with van der Waals surface area (Å²) in [5.74, 6) is 0. The van der Waals surface area contributed by atoms with Crippen LogP contribution >= 0.6 is 34.5 Å². The maximum absolute atomic E-state index is 9.03. The van der Waals surface area contributed by atoms with Gasteiger partial charge in [0, 0.05) is 4.88 Å².